The summed E-state index contributed by atoms with van der Waals surface area (Å²) in [4.78, 5) is 9.15. The molecule has 1 aromatic heterocycles. The Labute approximate surface area is 88.0 Å². The lowest BCUT2D eigenvalue weighted by Gasteiger charge is -2.01. The minimum Gasteiger partial charge on any atom is -0.245 e. The van der Waals surface area contributed by atoms with Crippen LogP contribution in [-0.4, -0.2) is 9.97 Å². The largest absolute Gasteiger partial charge is 0.245 e. The smallest absolute Gasteiger partial charge is 0.0894 e. The summed E-state index contributed by atoms with van der Waals surface area (Å²) in [5, 5.41) is 0. The van der Waals surface area contributed by atoms with Gasteiger partial charge in [0.05, 0.1) is 22.4 Å². The van der Waals surface area contributed by atoms with Gasteiger partial charge in [0.15, 0.2) is 0 Å². The summed E-state index contributed by atoms with van der Waals surface area (Å²) in [5.41, 5.74) is 3.83. The van der Waals surface area contributed by atoms with E-state index in [0.717, 1.165) is 28.8 Å². The van der Waals surface area contributed by atoms with Gasteiger partial charge < -0.3 is 0 Å². The molecule has 0 saturated carbocycles. The SMILES string of the molecule is C1=Cc2nc3ccccc3nc2C=CC1. The first-order chi connectivity index (χ1) is 7.43. The number of hydrogen-bond acceptors (Lipinski definition) is 2. The molecule has 1 aliphatic rings. The van der Waals surface area contributed by atoms with E-state index in [1.165, 1.54) is 0 Å². The topological polar surface area (TPSA) is 25.8 Å². The Morgan fingerprint density at radius 2 is 1.33 bits per heavy atom. The van der Waals surface area contributed by atoms with E-state index in [4.69, 9.17) is 0 Å². The van der Waals surface area contributed by atoms with Gasteiger partial charge in [0.1, 0.15) is 0 Å². The average molecular weight is 194 g/mol. The van der Waals surface area contributed by atoms with Gasteiger partial charge in [0, 0.05) is 0 Å². The molecule has 0 amide bonds. The van der Waals surface area contributed by atoms with Crippen LogP contribution < -0.4 is 0 Å². The van der Waals surface area contributed by atoms with Gasteiger partial charge in [-0.05, 0) is 30.7 Å². The van der Waals surface area contributed by atoms with Gasteiger partial charge in [-0.1, -0.05) is 24.3 Å². The zero-order valence-corrected chi connectivity index (χ0v) is 8.22. The Morgan fingerprint density at radius 1 is 0.800 bits per heavy atom. The van der Waals surface area contributed by atoms with Crippen molar-refractivity contribution in [2.24, 2.45) is 0 Å². The first kappa shape index (κ1) is 8.36. The van der Waals surface area contributed by atoms with Crippen LogP contribution in [0.4, 0.5) is 0 Å². The van der Waals surface area contributed by atoms with Gasteiger partial charge in [0.25, 0.3) is 0 Å². The van der Waals surface area contributed by atoms with E-state index in [1.54, 1.807) is 0 Å². The van der Waals surface area contributed by atoms with E-state index in [0.29, 0.717) is 0 Å². The van der Waals surface area contributed by atoms with Crippen LogP contribution in [0.3, 0.4) is 0 Å². The number of allylic oxidation sites excluding steroid dienone is 2. The molecule has 0 fully saturated rings. The van der Waals surface area contributed by atoms with Crippen LogP contribution in [0.5, 0.6) is 0 Å². The van der Waals surface area contributed by atoms with Crippen molar-refractivity contribution in [3.05, 3.63) is 47.8 Å². The van der Waals surface area contributed by atoms with E-state index >= 15 is 0 Å². The zero-order chi connectivity index (χ0) is 10.1. The van der Waals surface area contributed by atoms with Crippen LogP contribution >= 0.6 is 0 Å². The number of aromatic nitrogens is 2. The molecule has 0 bridgehead atoms. The van der Waals surface area contributed by atoms with Crippen LogP contribution in [-0.2, 0) is 0 Å². The number of benzene rings is 1. The maximum atomic E-state index is 4.58. The molecule has 2 nitrogen and oxygen atoms in total. The molecule has 2 aromatic rings. The lowest BCUT2D eigenvalue weighted by molar-refractivity contribution is 1.24. The number of para-hydroxylation sites is 2. The molecule has 0 spiro atoms. The number of hydrogen-bond donors (Lipinski definition) is 0. The van der Waals surface area contributed by atoms with E-state index in [-0.39, 0.29) is 0 Å². The lowest BCUT2D eigenvalue weighted by Crippen LogP contribution is -1.92. The van der Waals surface area contributed by atoms with Gasteiger partial charge in [-0.15, -0.1) is 0 Å². The maximum absolute atomic E-state index is 4.58. The fraction of sp³-hybridized carbons (Fsp3) is 0.0769. The fourth-order valence-corrected chi connectivity index (χ4v) is 1.71. The number of rotatable bonds is 0. The van der Waals surface area contributed by atoms with Crippen molar-refractivity contribution in [3.8, 4) is 0 Å². The summed E-state index contributed by atoms with van der Waals surface area (Å²) in [6, 6.07) is 7.95. The minimum atomic E-state index is 0.953. The quantitative estimate of drug-likeness (QED) is 0.644. The normalized spacial score (nSPS) is 13.9. The molecular weight excluding hydrogens is 184 g/mol. The third-order valence-corrected chi connectivity index (χ3v) is 2.45. The molecule has 15 heavy (non-hydrogen) atoms. The van der Waals surface area contributed by atoms with Gasteiger partial charge in [0.2, 0.25) is 0 Å². The maximum Gasteiger partial charge on any atom is 0.0894 e. The highest BCUT2D eigenvalue weighted by molar-refractivity contribution is 5.78. The molecular formula is C13H10N2. The third kappa shape index (κ3) is 1.44. The Balaban J connectivity index is 2.35. The van der Waals surface area contributed by atoms with Crippen molar-refractivity contribution in [3.63, 3.8) is 0 Å². The molecule has 0 atom stereocenters. The van der Waals surface area contributed by atoms with Crippen molar-refractivity contribution >= 4 is 23.2 Å². The van der Waals surface area contributed by atoms with E-state index < -0.39 is 0 Å². The number of fused-ring (bicyclic) bond motifs is 2. The Hall–Kier alpha value is -1.96. The second kappa shape index (κ2) is 3.31. The summed E-state index contributed by atoms with van der Waals surface area (Å²) in [7, 11) is 0. The second-order valence-corrected chi connectivity index (χ2v) is 3.52. The molecule has 0 N–H and O–H groups in total. The predicted octanol–water partition coefficient (Wildman–Crippen LogP) is 3.06. The highest BCUT2D eigenvalue weighted by Crippen LogP contribution is 2.17. The van der Waals surface area contributed by atoms with Crippen LogP contribution in [0.25, 0.3) is 23.2 Å². The standard InChI is InChI=1S/C13H10N2/c1-2-6-10-11(7-3-1)15-13-9-5-4-8-12(13)14-10/h2-9H,1H2. The Kier molecular flexibility index (Phi) is 1.85. The van der Waals surface area contributed by atoms with Crippen LogP contribution in [0.2, 0.25) is 0 Å². The first-order valence-corrected chi connectivity index (χ1v) is 5.03. The Bertz CT molecular complexity index is 517. The monoisotopic (exact) mass is 194 g/mol. The Morgan fingerprint density at radius 3 is 1.87 bits per heavy atom. The van der Waals surface area contributed by atoms with Crippen LogP contribution in [0.15, 0.2) is 36.4 Å². The highest BCUT2D eigenvalue weighted by atomic mass is 14.8. The van der Waals surface area contributed by atoms with E-state index in [2.05, 4.69) is 22.1 Å². The second-order valence-electron chi connectivity index (χ2n) is 3.52. The van der Waals surface area contributed by atoms with Gasteiger partial charge in [-0.3, -0.25) is 0 Å². The van der Waals surface area contributed by atoms with Crippen molar-refractivity contribution in [2.45, 2.75) is 6.42 Å². The molecule has 72 valence electrons. The average Bonchev–Trinajstić information content (AvgIpc) is 2.50. The van der Waals surface area contributed by atoms with Crippen molar-refractivity contribution in [1.82, 2.24) is 9.97 Å². The van der Waals surface area contributed by atoms with Crippen molar-refractivity contribution < 1.29 is 0 Å². The number of nitrogens with zero attached hydrogens (tertiary/aromatic N) is 2. The highest BCUT2D eigenvalue weighted by Gasteiger charge is 2.04. The third-order valence-electron chi connectivity index (χ3n) is 2.45. The summed E-state index contributed by atoms with van der Waals surface area (Å²) >= 11 is 0. The van der Waals surface area contributed by atoms with Gasteiger partial charge >= 0.3 is 0 Å². The van der Waals surface area contributed by atoms with Gasteiger partial charge in [-0.2, -0.15) is 0 Å². The fourth-order valence-electron chi connectivity index (χ4n) is 1.71. The van der Waals surface area contributed by atoms with Crippen molar-refractivity contribution in [1.29, 1.82) is 0 Å². The molecule has 1 aliphatic carbocycles. The van der Waals surface area contributed by atoms with E-state index in [1.807, 2.05) is 36.4 Å². The summed E-state index contributed by atoms with van der Waals surface area (Å²) < 4.78 is 0. The summed E-state index contributed by atoms with van der Waals surface area (Å²) in [5.74, 6) is 0. The molecule has 3 rings (SSSR count). The molecule has 1 aromatic carbocycles. The van der Waals surface area contributed by atoms with Crippen LogP contribution in [0, 0.1) is 0 Å². The van der Waals surface area contributed by atoms with E-state index in [9.17, 15) is 0 Å². The zero-order valence-electron chi connectivity index (χ0n) is 8.22. The summed E-state index contributed by atoms with van der Waals surface area (Å²) in [6.07, 6.45) is 9.23. The summed E-state index contributed by atoms with van der Waals surface area (Å²) in [6.45, 7) is 0. The van der Waals surface area contributed by atoms with Crippen molar-refractivity contribution in [2.75, 3.05) is 0 Å². The molecule has 0 saturated heterocycles. The van der Waals surface area contributed by atoms with Gasteiger partial charge in [-0.25, -0.2) is 9.97 Å². The minimum absolute atomic E-state index is 0.953. The molecule has 2 heteroatoms. The molecule has 0 aliphatic heterocycles. The first-order valence-electron chi connectivity index (χ1n) is 5.03. The molecule has 0 radical (unpaired) electrons. The molecule has 1 heterocycles. The lowest BCUT2D eigenvalue weighted by atomic mass is 10.2. The molecule has 0 unspecified atom stereocenters. The predicted molar refractivity (Wildman–Crippen MR) is 62.2 cm³/mol. The van der Waals surface area contributed by atoms with Crippen LogP contribution in [0.1, 0.15) is 17.8 Å².